The van der Waals surface area contributed by atoms with Crippen LogP contribution in [0.25, 0.3) is 5.57 Å². The predicted molar refractivity (Wildman–Crippen MR) is 112 cm³/mol. The fourth-order valence-corrected chi connectivity index (χ4v) is 3.83. The first kappa shape index (κ1) is 20.6. The molecule has 160 valence electrons. The minimum absolute atomic E-state index is 0.250. The van der Waals surface area contributed by atoms with Crippen LogP contribution in [0.15, 0.2) is 48.5 Å². The van der Waals surface area contributed by atoms with Gasteiger partial charge in [-0.3, -0.25) is 4.79 Å². The number of rotatable bonds is 2. The van der Waals surface area contributed by atoms with E-state index >= 15 is 0 Å². The van der Waals surface area contributed by atoms with Gasteiger partial charge in [-0.2, -0.15) is 0 Å². The van der Waals surface area contributed by atoms with Crippen molar-refractivity contribution in [2.75, 3.05) is 25.5 Å². The van der Waals surface area contributed by atoms with E-state index in [9.17, 15) is 18.8 Å². The molecule has 7 nitrogen and oxygen atoms in total. The fourth-order valence-electron chi connectivity index (χ4n) is 3.83. The standard InChI is InChI=1S/C23H22FN3O4/c1-31-22(29)21(28)26-11-9-16(10-12-26)15-5-7-18(8-6-15)25-23(30)27-13-17-3-2-4-20(24)19(17)14-27/h2-9H,10-14H2,1H3,(H,25,30). The van der Waals surface area contributed by atoms with Crippen molar-refractivity contribution in [3.63, 3.8) is 0 Å². The van der Waals surface area contributed by atoms with Crippen molar-refractivity contribution in [2.24, 2.45) is 0 Å². The van der Waals surface area contributed by atoms with Crippen LogP contribution in [-0.4, -0.2) is 47.9 Å². The molecule has 0 aromatic heterocycles. The van der Waals surface area contributed by atoms with Crippen LogP contribution >= 0.6 is 0 Å². The Kier molecular flexibility index (Phi) is 5.70. The first-order chi connectivity index (χ1) is 15.0. The van der Waals surface area contributed by atoms with Gasteiger partial charge < -0.3 is 19.9 Å². The average molecular weight is 423 g/mol. The number of nitrogens with one attached hydrogen (secondary N) is 1. The third-order valence-electron chi connectivity index (χ3n) is 5.58. The number of esters is 1. The van der Waals surface area contributed by atoms with Crippen LogP contribution in [0.3, 0.4) is 0 Å². The number of hydrogen-bond donors (Lipinski definition) is 1. The number of methoxy groups -OCH3 is 1. The highest BCUT2D eigenvalue weighted by Crippen LogP contribution is 2.27. The number of benzene rings is 2. The Labute approximate surface area is 179 Å². The predicted octanol–water partition coefficient (Wildman–Crippen LogP) is 3.16. The molecule has 0 saturated carbocycles. The second-order valence-electron chi connectivity index (χ2n) is 7.46. The van der Waals surface area contributed by atoms with Gasteiger partial charge in [-0.15, -0.1) is 0 Å². The van der Waals surface area contributed by atoms with Crippen molar-refractivity contribution >= 4 is 29.2 Å². The zero-order valence-corrected chi connectivity index (χ0v) is 17.1. The van der Waals surface area contributed by atoms with Gasteiger partial charge in [0.2, 0.25) is 0 Å². The Hall–Kier alpha value is -3.68. The summed E-state index contributed by atoms with van der Waals surface area (Å²) >= 11 is 0. The summed E-state index contributed by atoms with van der Waals surface area (Å²) in [6, 6.07) is 12.0. The van der Waals surface area contributed by atoms with E-state index in [0.29, 0.717) is 37.3 Å². The number of carbonyl (C=O) groups is 3. The second-order valence-corrected chi connectivity index (χ2v) is 7.46. The van der Waals surface area contributed by atoms with Gasteiger partial charge >= 0.3 is 17.9 Å². The number of halogens is 1. The molecule has 0 bridgehead atoms. The number of amides is 3. The Balaban J connectivity index is 1.35. The molecule has 0 unspecified atom stereocenters. The lowest BCUT2D eigenvalue weighted by atomic mass is 9.99. The smallest absolute Gasteiger partial charge is 0.396 e. The molecule has 0 saturated heterocycles. The highest BCUT2D eigenvalue weighted by Gasteiger charge is 2.26. The van der Waals surface area contributed by atoms with E-state index in [4.69, 9.17) is 0 Å². The summed E-state index contributed by atoms with van der Waals surface area (Å²) in [7, 11) is 1.19. The lowest BCUT2D eigenvalue weighted by Crippen LogP contribution is -2.39. The molecular weight excluding hydrogens is 401 g/mol. The first-order valence-corrected chi connectivity index (χ1v) is 9.95. The Morgan fingerprint density at radius 2 is 1.81 bits per heavy atom. The molecule has 1 N–H and O–H groups in total. The van der Waals surface area contributed by atoms with Crippen LogP contribution in [-0.2, 0) is 27.4 Å². The Morgan fingerprint density at radius 3 is 2.45 bits per heavy atom. The monoisotopic (exact) mass is 423 g/mol. The normalized spacial score (nSPS) is 15.2. The molecule has 0 spiro atoms. The number of urea groups is 1. The van der Waals surface area contributed by atoms with E-state index in [0.717, 1.165) is 16.7 Å². The SMILES string of the molecule is COC(=O)C(=O)N1CC=C(c2ccc(NC(=O)N3Cc4cccc(F)c4C3)cc2)CC1. The fraction of sp³-hybridized carbons (Fsp3) is 0.261. The van der Waals surface area contributed by atoms with Gasteiger partial charge in [0, 0.05) is 30.9 Å². The van der Waals surface area contributed by atoms with Crippen LogP contribution in [0.1, 0.15) is 23.1 Å². The van der Waals surface area contributed by atoms with Crippen molar-refractivity contribution < 1.29 is 23.5 Å². The topological polar surface area (TPSA) is 79.0 Å². The maximum absolute atomic E-state index is 13.9. The molecule has 0 fully saturated rings. The maximum atomic E-state index is 13.9. The summed E-state index contributed by atoms with van der Waals surface area (Å²) < 4.78 is 18.4. The summed E-state index contributed by atoms with van der Waals surface area (Å²) in [6.45, 7) is 1.41. The van der Waals surface area contributed by atoms with E-state index < -0.39 is 11.9 Å². The summed E-state index contributed by atoms with van der Waals surface area (Å²) in [6.07, 6.45) is 2.53. The van der Waals surface area contributed by atoms with Gasteiger partial charge in [-0.25, -0.2) is 14.0 Å². The molecule has 0 atom stereocenters. The zero-order valence-electron chi connectivity index (χ0n) is 17.1. The largest absolute Gasteiger partial charge is 0.462 e. The quantitative estimate of drug-likeness (QED) is 0.595. The van der Waals surface area contributed by atoms with Crippen LogP contribution in [0.2, 0.25) is 0 Å². The van der Waals surface area contributed by atoms with E-state index in [2.05, 4.69) is 10.1 Å². The molecule has 2 aliphatic rings. The van der Waals surface area contributed by atoms with Crippen molar-refractivity contribution in [1.82, 2.24) is 9.80 Å². The van der Waals surface area contributed by atoms with Crippen LogP contribution < -0.4 is 5.32 Å². The molecule has 4 rings (SSSR count). The molecule has 0 radical (unpaired) electrons. The summed E-state index contributed by atoms with van der Waals surface area (Å²) in [5, 5.41) is 2.85. The highest BCUT2D eigenvalue weighted by molar-refractivity contribution is 6.32. The van der Waals surface area contributed by atoms with Gasteiger partial charge in [0.25, 0.3) is 0 Å². The first-order valence-electron chi connectivity index (χ1n) is 9.95. The lowest BCUT2D eigenvalue weighted by Gasteiger charge is -2.25. The van der Waals surface area contributed by atoms with Crippen molar-refractivity contribution in [1.29, 1.82) is 0 Å². The minimum atomic E-state index is -0.860. The summed E-state index contributed by atoms with van der Waals surface area (Å²) in [5.74, 6) is -1.79. The lowest BCUT2D eigenvalue weighted by molar-refractivity contribution is -0.157. The number of anilines is 1. The Bertz CT molecular complexity index is 1060. The molecule has 8 heteroatoms. The molecule has 0 aliphatic carbocycles. The minimum Gasteiger partial charge on any atom is -0.462 e. The van der Waals surface area contributed by atoms with Crippen LogP contribution in [0.4, 0.5) is 14.9 Å². The third kappa shape index (κ3) is 4.28. The third-order valence-corrected chi connectivity index (χ3v) is 5.58. The number of hydrogen-bond acceptors (Lipinski definition) is 4. The second kappa shape index (κ2) is 8.59. The number of carbonyl (C=O) groups excluding carboxylic acids is 3. The average Bonchev–Trinajstić information content (AvgIpc) is 3.25. The van der Waals surface area contributed by atoms with Crippen molar-refractivity contribution in [3.05, 3.63) is 71.0 Å². The van der Waals surface area contributed by atoms with Crippen molar-refractivity contribution in [3.8, 4) is 0 Å². The molecule has 3 amide bonds. The van der Waals surface area contributed by atoms with E-state index in [1.54, 1.807) is 11.0 Å². The van der Waals surface area contributed by atoms with Crippen LogP contribution in [0.5, 0.6) is 0 Å². The Morgan fingerprint density at radius 1 is 1.03 bits per heavy atom. The molecule has 2 aromatic rings. The van der Waals surface area contributed by atoms with Gasteiger partial charge in [0.05, 0.1) is 13.7 Å². The van der Waals surface area contributed by atoms with Crippen molar-refractivity contribution in [2.45, 2.75) is 19.5 Å². The number of nitrogens with zero attached hydrogens (tertiary/aromatic N) is 2. The zero-order chi connectivity index (χ0) is 22.0. The van der Waals surface area contributed by atoms with Gasteiger partial charge in [0.15, 0.2) is 0 Å². The van der Waals surface area contributed by atoms with E-state index in [-0.39, 0.29) is 18.4 Å². The summed E-state index contributed by atoms with van der Waals surface area (Å²) in [4.78, 5) is 38.8. The molecule has 31 heavy (non-hydrogen) atoms. The van der Waals surface area contributed by atoms with E-state index in [1.807, 2.05) is 36.4 Å². The number of fused-ring (bicyclic) bond motifs is 1. The summed E-state index contributed by atoms with van der Waals surface area (Å²) in [5.41, 5.74) is 4.09. The van der Waals surface area contributed by atoms with Crippen LogP contribution in [0, 0.1) is 5.82 Å². The highest BCUT2D eigenvalue weighted by atomic mass is 19.1. The van der Waals surface area contributed by atoms with Gasteiger partial charge in [0.1, 0.15) is 5.82 Å². The molecule has 2 heterocycles. The molecule has 2 aromatic carbocycles. The van der Waals surface area contributed by atoms with Gasteiger partial charge in [-0.05, 0) is 41.3 Å². The molecular formula is C23H22FN3O4. The van der Waals surface area contributed by atoms with Gasteiger partial charge in [-0.1, -0.05) is 30.3 Å². The van der Waals surface area contributed by atoms with E-state index in [1.165, 1.54) is 18.1 Å². The number of ether oxygens (including phenoxy) is 1. The molecule has 2 aliphatic heterocycles. The maximum Gasteiger partial charge on any atom is 0.396 e.